The Morgan fingerprint density at radius 1 is 1.03 bits per heavy atom. The summed E-state index contributed by atoms with van der Waals surface area (Å²) < 4.78 is 13.0. The predicted octanol–water partition coefficient (Wildman–Crippen LogP) is 3.17. The summed E-state index contributed by atoms with van der Waals surface area (Å²) in [5.74, 6) is 1.20. The lowest BCUT2D eigenvalue weighted by molar-refractivity contribution is -0.126. The van der Waals surface area contributed by atoms with Crippen LogP contribution < -0.4 is 4.74 Å². The molecule has 2 aromatic heterocycles. The van der Waals surface area contributed by atoms with Crippen LogP contribution in [0.2, 0.25) is 0 Å². The number of ether oxygens (including phenoxy) is 2. The number of nitrogens with zero attached hydrogens (tertiary/aromatic N) is 5. The molecule has 0 aliphatic heterocycles. The van der Waals surface area contributed by atoms with Crippen molar-refractivity contribution in [3.8, 4) is 17.0 Å². The lowest BCUT2D eigenvalue weighted by atomic mass is 10.1. The summed E-state index contributed by atoms with van der Waals surface area (Å²) in [6.45, 7) is 4.52. The largest absolute Gasteiger partial charge is 0.494 e. The quantitative estimate of drug-likeness (QED) is 0.235. The van der Waals surface area contributed by atoms with Crippen molar-refractivity contribution in [2.45, 2.75) is 18.9 Å². The van der Waals surface area contributed by atoms with Gasteiger partial charge in [-0.05, 0) is 29.8 Å². The van der Waals surface area contributed by atoms with Gasteiger partial charge in [0.05, 0.1) is 18.9 Å². The number of hydrogen-bond acceptors (Lipinski definition) is 7. The highest BCUT2D eigenvalue weighted by Crippen LogP contribution is 2.19. The monoisotopic (exact) mass is 501 g/mol. The van der Waals surface area contributed by atoms with Crippen LogP contribution >= 0.6 is 0 Å². The van der Waals surface area contributed by atoms with E-state index in [1.807, 2.05) is 66.7 Å². The van der Waals surface area contributed by atoms with E-state index in [2.05, 4.69) is 16.8 Å². The average molecular weight is 502 g/mol. The zero-order valence-electron chi connectivity index (χ0n) is 21.1. The number of aromatic nitrogens is 4. The lowest BCUT2D eigenvalue weighted by Gasteiger charge is -2.17. The molecule has 0 spiro atoms. The Morgan fingerprint density at radius 3 is 2.51 bits per heavy atom. The molecular weight excluding hydrogens is 470 g/mol. The van der Waals surface area contributed by atoms with Crippen molar-refractivity contribution in [2.24, 2.45) is 0 Å². The molecule has 37 heavy (non-hydrogen) atoms. The van der Waals surface area contributed by atoms with E-state index in [4.69, 9.17) is 14.6 Å². The Labute approximate surface area is 216 Å². The van der Waals surface area contributed by atoms with Gasteiger partial charge in [0.2, 0.25) is 0 Å². The molecule has 0 aliphatic carbocycles. The van der Waals surface area contributed by atoms with Gasteiger partial charge < -0.3 is 19.5 Å². The first kappa shape index (κ1) is 26.0. The number of fused-ring (bicyclic) bond motifs is 1. The maximum Gasteiger partial charge on any atom is 0.251 e. The topological polar surface area (TPSA) is 102 Å². The number of likely N-dealkylation sites (N-methyl/N-ethyl adjacent to an activating group) is 1. The van der Waals surface area contributed by atoms with Crippen LogP contribution in [0.4, 0.5) is 0 Å². The molecule has 192 valence electrons. The Bertz CT molecular complexity index is 1340. The molecule has 0 bridgehead atoms. The fourth-order valence-corrected chi connectivity index (χ4v) is 3.67. The van der Waals surface area contributed by atoms with Crippen LogP contribution in [0.1, 0.15) is 17.8 Å². The number of carbonyl (C=O) groups excluding carboxylic acids is 1. The molecule has 0 aliphatic rings. The van der Waals surface area contributed by atoms with Crippen LogP contribution in [-0.2, 0) is 16.0 Å². The fourth-order valence-electron chi connectivity index (χ4n) is 3.67. The smallest absolute Gasteiger partial charge is 0.251 e. The van der Waals surface area contributed by atoms with E-state index in [1.165, 1.54) is 4.90 Å². The maximum absolute atomic E-state index is 11.8. The van der Waals surface area contributed by atoms with E-state index >= 15 is 0 Å². The number of hydrogen-bond donors (Lipinski definition) is 1. The number of aliphatic hydroxyl groups is 1. The standard InChI is InChI=1S/C28H31N5O4/c1-20(28(35)32(2)3)25(34)19-36-16-7-17-37-23-12-10-21(11-13-23)18-27-30-29-26-15-14-24(31-33(26)27)22-8-5-4-6-9-22/h4-6,8-15,25,34H,1,7,16-19H2,2-3H3. The van der Waals surface area contributed by atoms with Crippen LogP contribution in [0.5, 0.6) is 5.75 Å². The molecule has 1 N–H and O–H groups in total. The minimum atomic E-state index is -1.02. The Balaban J connectivity index is 1.24. The number of rotatable bonds is 12. The summed E-state index contributed by atoms with van der Waals surface area (Å²) in [5, 5.41) is 23.3. The molecule has 2 heterocycles. The highest BCUT2D eigenvalue weighted by Gasteiger charge is 2.18. The van der Waals surface area contributed by atoms with Gasteiger partial charge in [-0.25, -0.2) is 0 Å². The summed E-state index contributed by atoms with van der Waals surface area (Å²) in [6, 6.07) is 21.7. The van der Waals surface area contributed by atoms with Crippen LogP contribution in [0, 0.1) is 0 Å². The first-order valence-corrected chi connectivity index (χ1v) is 12.1. The number of carbonyl (C=O) groups is 1. The molecule has 0 saturated heterocycles. The van der Waals surface area contributed by atoms with Crippen molar-refractivity contribution >= 4 is 11.6 Å². The molecule has 9 heteroatoms. The van der Waals surface area contributed by atoms with Gasteiger partial charge in [-0.3, -0.25) is 4.79 Å². The van der Waals surface area contributed by atoms with Crippen molar-refractivity contribution in [3.63, 3.8) is 0 Å². The molecule has 4 rings (SSSR count). The molecule has 1 amide bonds. The van der Waals surface area contributed by atoms with Gasteiger partial charge in [-0.1, -0.05) is 49.0 Å². The predicted molar refractivity (Wildman–Crippen MR) is 140 cm³/mol. The van der Waals surface area contributed by atoms with Crippen LogP contribution in [-0.4, -0.2) is 75.7 Å². The van der Waals surface area contributed by atoms with E-state index in [9.17, 15) is 9.90 Å². The molecule has 0 saturated carbocycles. The molecule has 0 fully saturated rings. The lowest BCUT2D eigenvalue weighted by Crippen LogP contribution is -2.31. The molecular formula is C28H31N5O4. The van der Waals surface area contributed by atoms with Crippen molar-refractivity contribution in [2.75, 3.05) is 33.9 Å². The van der Waals surface area contributed by atoms with E-state index in [1.54, 1.807) is 18.6 Å². The third-order valence-corrected chi connectivity index (χ3v) is 5.74. The normalized spacial score (nSPS) is 11.9. The third kappa shape index (κ3) is 6.78. The van der Waals surface area contributed by atoms with Gasteiger partial charge >= 0.3 is 0 Å². The van der Waals surface area contributed by atoms with Crippen molar-refractivity contribution in [3.05, 3.63) is 90.3 Å². The van der Waals surface area contributed by atoms with E-state index in [0.29, 0.717) is 31.7 Å². The van der Waals surface area contributed by atoms with Gasteiger partial charge in [0.1, 0.15) is 11.9 Å². The number of aliphatic hydroxyl groups excluding tert-OH is 1. The zero-order chi connectivity index (χ0) is 26.2. The van der Waals surface area contributed by atoms with Gasteiger partial charge in [0.25, 0.3) is 5.91 Å². The van der Waals surface area contributed by atoms with Gasteiger partial charge in [-0.2, -0.15) is 9.61 Å². The first-order chi connectivity index (χ1) is 17.9. The molecule has 1 unspecified atom stereocenters. The highest BCUT2D eigenvalue weighted by molar-refractivity contribution is 5.93. The number of amides is 1. The summed E-state index contributed by atoms with van der Waals surface area (Å²) in [7, 11) is 3.22. The molecule has 9 nitrogen and oxygen atoms in total. The summed E-state index contributed by atoms with van der Waals surface area (Å²) in [6.07, 6.45) is 0.208. The van der Waals surface area contributed by atoms with Gasteiger partial charge in [-0.15, -0.1) is 10.2 Å². The Morgan fingerprint density at radius 2 is 1.78 bits per heavy atom. The van der Waals surface area contributed by atoms with Crippen molar-refractivity contribution < 1.29 is 19.4 Å². The minimum absolute atomic E-state index is 0.0200. The van der Waals surface area contributed by atoms with Crippen LogP contribution in [0.25, 0.3) is 16.9 Å². The minimum Gasteiger partial charge on any atom is -0.494 e. The average Bonchev–Trinajstić information content (AvgIpc) is 3.32. The summed E-state index contributed by atoms with van der Waals surface area (Å²) in [4.78, 5) is 13.2. The molecule has 4 aromatic rings. The van der Waals surface area contributed by atoms with E-state index in [-0.39, 0.29) is 18.1 Å². The second-order valence-electron chi connectivity index (χ2n) is 8.81. The van der Waals surface area contributed by atoms with E-state index in [0.717, 1.165) is 28.4 Å². The maximum atomic E-state index is 11.8. The number of benzene rings is 2. The van der Waals surface area contributed by atoms with E-state index < -0.39 is 6.10 Å². The first-order valence-electron chi connectivity index (χ1n) is 12.1. The van der Waals surface area contributed by atoms with Crippen molar-refractivity contribution in [1.82, 2.24) is 24.7 Å². The van der Waals surface area contributed by atoms with Gasteiger partial charge in [0.15, 0.2) is 11.5 Å². The molecule has 1 atom stereocenters. The fraction of sp³-hybridized carbons (Fsp3) is 0.286. The summed E-state index contributed by atoms with van der Waals surface area (Å²) >= 11 is 0. The molecule has 2 aromatic carbocycles. The Hall–Kier alpha value is -4.08. The molecule has 0 radical (unpaired) electrons. The second kappa shape index (κ2) is 12.2. The third-order valence-electron chi connectivity index (χ3n) is 5.74. The second-order valence-corrected chi connectivity index (χ2v) is 8.81. The van der Waals surface area contributed by atoms with Crippen LogP contribution in [0.3, 0.4) is 0 Å². The highest BCUT2D eigenvalue weighted by atomic mass is 16.5. The van der Waals surface area contributed by atoms with Crippen molar-refractivity contribution in [1.29, 1.82) is 0 Å². The SMILES string of the molecule is C=C(C(=O)N(C)C)C(O)COCCCOc1ccc(Cc2nnc3ccc(-c4ccccc4)nn23)cc1. The van der Waals surface area contributed by atoms with Gasteiger partial charge in [0, 0.05) is 44.7 Å². The van der Waals surface area contributed by atoms with Crippen LogP contribution in [0.15, 0.2) is 78.9 Å². The zero-order valence-corrected chi connectivity index (χ0v) is 21.1. The summed E-state index contributed by atoms with van der Waals surface area (Å²) in [5.41, 5.74) is 3.80. The Kier molecular flexibility index (Phi) is 8.60.